The third-order valence-corrected chi connectivity index (χ3v) is 5.26. The number of urea groups is 1. The van der Waals surface area contributed by atoms with Crippen molar-refractivity contribution in [2.24, 2.45) is 0 Å². The van der Waals surface area contributed by atoms with Crippen molar-refractivity contribution in [2.75, 3.05) is 18.6 Å². The Morgan fingerprint density at radius 1 is 1.48 bits per heavy atom. The molecule has 1 aliphatic heterocycles. The van der Waals surface area contributed by atoms with Crippen LogP contribution in [0.3, 0.4) is 0 Å². The summed E-state index contributed by atoms with van der Waals surface area (Å²) in [5, 5.41) is 5.89. The predicted octanol–water partition coefficient (Wildman–Crippen LogP) is 1.33. The van der Waals surface area contributed by atoms with Gasteiger partial charge in [-0.25, -0.2) is 13.2 Å². The fourth-order valence-corrected chi connectivity index (χ4v) is 4.02. The number of benzene rings is 1. The Morgan fingerprint density at radius 3 is 2.86 bits per heavy atom. The highest BCUT2D eigenvalue weighted by atomic mass is 35.5. The van der Waals surface area contributed by atoms with Gasteiger partial charge < -0.3 is 15.4 Å². The molecular formula is C13H17ClN2O4S. The van der Waals surface area contributed by atoms with Gasteiger partial charge in [-0.15, -0.1) is 0 Å². The van der Waals surface area contributed by atoms with Crippen molar-refractivity contribution in [1.82, 2.24) is 10.6 Å². The summed E-state index contributed by atoms with van der Waals surface area (Å²) in [7, 11) is -1.47. The smallest absolute Gasteiger partial charge is 0.315 e. The van der Waals surface area contributed by atoms with Gasteiger partial charge in [0.05, 0.1) is 18.6 Å². The number of ether oxygens (including phenoxy) is 1. The van der Waals surface area contributed by atoms with E-state index in [1.807, 2.05) is 0 Å². The summed E-state index contributed by atoms with van der Waals surface area (Å²) in [6, 6.07) is 4.43. The zero-order chi connectivity index (χ0) is 15.5. The van der Waals surface area contributed by atoms with Gasteiger partial charge in [0, 0.05) is 23.2 Å². The number of carbonyl (C=O) groups is 1. The maximum Gasteiger partial charge on any atom is 0.315 e. The van der Waals surface area contributed by atoms with Crippen molar-refractivity contribution in [3.05, 3.63) is 28.8 Å². The molecule has 1 aromatic carbocycles. The number of carbonyl (C=O) groups excluding carboxylic acids is 1. The fourth-order valence-electron chi connectivity index (χ4n) is 2.19. The van der Waals surface area contributed by atoms with Gasteiger partial charge in [0.2, 0.25) is 0 Å². The second-order valence-electron chi connectivity index (χ2n) is 4.88. The Balaban J connectivity index is 1.87. The topological polar surface area (TPSA) is 84.5 Å². The minimum atomic E-state index is -3.00. The average molecular weight is 333 g/mol. The largest absolute Gasteiger partial charge is 0.496 e. The van der Waals surface area contributed by atoms with E-state index in [1.54, 1.807) is 18.2 Å². The summed E-state index contributed by atoms with van der Waals surface area (Å²) in [4.78, 5) is 11.8. The molecule has 0 aromatic heterocycles. The zero-order valence-corrected chi connectivity index (χ0v) is 13.1. The van der Waals surface area contributed by atoms with Crippen molar-refractivity contribution in [3.63, 3.8) is 0 Å². The van der Waals surface area contributed by atoms with E-state index < -0.39 is 15.9 Å². The Bertz CT molecular complexity index is 633. The highest BCUT2D eigenvalue weighted by Crippen LogP contribution is 2.22. The van der Waals surface area contributed by atoms with Crippen LogP contribution in [0.2, 0.25) is 5.02 Å². The number of halogens is 1. The number of hydrogen-bond donors (Lipinski definition) is 2. The molecule has 0 radical (unpaired) electrons. The molecule has 0 saturated carbocycles. The molecule has 0 spiro atoms. The van der Waals surface area contributed by atoms with Gasteiger partial charge in [0.1, 0.15) is 5.75 Å². The molecule has 0 unspecified atom stereocenters. The Labute approximate surface area is 128 Å². The van der Waals surface area contributed by atoms with Crippen LogP contribution in [0, 0.1) is 0 Å². The first-order chi connectivity index (χ1) is 9.89. The number of sulfone groups is 1. The summed E-state index contributed by atoms with van der Waals surface area (Å²) in [5.74, 6) is 0.722. The van der Waals surface area contributed by atoms with Gasteiger partial charge in [0.25, 0.3) is 0 Å². The van der Waals surface area contributed by atoms with Gasteiger partial charge in [-0.1, -0.05) is 17.7 Å². The molecule has 6 nitrogen and oxygen atoms in total. The van der Waals surface area contributed by atoms with E-state index in [2.05, 4.69) is 10.6 Å². The zero-order valence-electron chi connectivity index (χ0n) is 11.6. The van der Waals surface area contributed by atoms with Gasteiger partial charge in [-0.2, -0.15) is 0 Å². The lowest BCUT2D eigenvalue weighted by Crippen LogP contribution is -2.42. The minimum Gasteiger partial charge on any atom is -0.496 e. The number of amides is 2. The molecular weight excluding hydrogens is 316 g/mol. The molecule has 1 heterocycles. The van der Waals surface area contributed by atoms with Gasteiger partial charge in [-0.05, 0) is 18.6 Å². The van der Waals surface area contributed by atoms with E-state index in [0.717, 1.165) is 5.56 Å². The quantitative estimate of drug-likeness (QED) is 0.871. The maximum absolute atomic E-state index is 11.8. The molecule has 1 aromatic rings. The van der Waals surface area contributed by atoms with E-state index >= 15 is 0 Å². The van der Waals surface area contributed by atoms with Gasteiger partial charge >= 0.3 is 6.03 Å². The number of methoxy groups -OCH3 is 1. The van der Waals surface area contributed by atoms with Crippen LogP contribution in [0.25, 0.3) is 0 Å². The second kappa shape index (κ2) is 6.53. The number of rotatable bonds is 4. The molecule has 1 fully saturated rings. The van der Waals surface area contributed by atoms with Crippen LogP contribution in [0.1, 0.15) is 12.0 Å². The van der Waals surface area contributed by atoms with E-state index in [4.69, 9.17) is 16.3 Å². The summed E-state index contributed by atoms with van der Waals surface area (Å²) in [6.07, 6.45) is 0.458. The van der Waals surface area contributed by atoms with Crippen LogP contribution < -0.4 is 15.4 Å². The van der Waals surface area contributed by atoms with Crippen molar-refractivity contribution in [1.29, 1.82) is 0 Å². The molecule has 1 atom stereocenters. The van der Waals surface area contributed by atoms with Crippen LogP contribution in [0.4, 0.5) is 4.79 Å². The van der Waals surface area contributed by atoms with E-state index in [-0.39, 0.29) is 24.1 Å². The number of hydrogen-bond acceptors (Lipinski definition) is 4. The van der Waals surface area contributed by atoms with Crippen molar-refractivity contribution >= 4 is 27.5 Å². The summed E-state index contributed by atoms with van der Waals surface area (Å²) in [6.45, 7) is 0.269. The third-order valence-electron chi connectivity index (χ3n) is 3.26. The highest BCUT2D eigenvalue weighted by Gasteiger charge is 2.28. The van der Waals surface area contributed by atoms with Crippen LogP contribution in [-0.2, 0) is 16.4 Å². The van der Waals surface area contributed by atoms with Crippen LogP contribution >= 0.6 is 11.6 Å². The van der Waals surface area contributed by atoms with Gasteiger partial charge in [-0.3, -0.25) is 0 Å². The molecule has 8 heteroatoms. The molecule has 116 valence electrons. The minimum absolute atomic E-state index is 0.00465. The molecule has 2 N–H and O–H groups in total. The van der Waals surface area contributed by atoms with E-state index in [9.17, 15) is 13.2 Å². The van der Waals surface area contributed by atoms with Crippen molar-refractivity contribution < 1.29 is 17.9 Å². The Hall–Kier alpha value is -1.47. The number of nitrogens with one attached hydrogen (secondary N) is 2. The van der Waals surface area contributed by atoms with Crippen LogP contribution in [-0.4, -0.2) is 39.1 Å². The first kappa shape index (κ1) is 15.9. The lowest BCUT2D eigenvalue weighted by molar-refractivity contribution is 0.237. The highest BCUT2D eigenvalue weighted by molar-refractivity contribution is 7.91. The molecule has 0 aliphatic carbocycles. The lowest BCUT2D eigenvalue weighted by atomic mass is 10.2. The molecule has 0 bridgehead atoms. The Kier molecular flexibility index (Phi) is 4.95. The first-order valence-corrected chi connectivity index (χ1v) is 8.67. The first-order valence-electron chi connectivity index (χ1n) is 6.47. The third kappa shape index (κ3) is 4.50. The molecule has 2 rings (SSSR count). The standard InChI is InChI=1S/C13H17ClN2O4S/c1-20-12-6-10(14)3-2-9(12)7-15-13(17)16-11-4-5-21(18,19)8-11/h2-3,6,11H,4-5,7-8H2,1H3,(H2,15,16,17)/t11-/m1/s1. The second-order valence-corrected chi connectivity index (χ2v) is 7.55. The summed E-state index contributed by atoms with van der Waals surface area (Å²) >= 11 is 5.86. The Morgan fingerprint density at radius 2 is 2.24 bits per heavy atom. The molecule has 1 saturated heterocycles. The predicted molar refractivity (Wildman–Crippen MR) is 80.4 cm³/mol. The SMILES string of the molecule is COc1cc(Cl)ccc1CNC(=O)N[C@@H]1CCS(=O)(=O)C1. The van der Waals surface area contributed by atoms with Crippen molar-refractivity contribution in [2.45, 2.75) is 19.0 Å². The fraction of sp³-hybridized carbons (Fsp3) is 0.462. The molecule has 21 heavy (non-hydrogen) atoms. The van der Waals surface area contributed by atoms with Crippen molar-refractivity contribution in [3.8, 4) is 5.75 Å². The maximum atomic E-state index is 11.8. The van der Waals surface area contributed by atoms with E-state index in [1.165, 1.54) is 7.11 Å². The average Bonchev–Trinajstić information content (AvgIpc) is 2.76. The summed E-state index contributed by atoms with van der Waals surface area (Å²) < 4.78 is 27.8. The summed E-state index contributed by atoms with van der Waals surface area (Å²) in [5.41, 5.74) is 0.788. The lowest BCUT2D eigenvalue weighted by Gasteiger charge is -2.13. The van der Waals surface area contributed by atoms with Gasteiger partial charge in [0.15, 0.2) is 9.84 Å². The normalized spacial score (nSPS) is 20.0. The van der Waals surface area contributed by atoms with Crippen LogP contribution in [0.15, 0.2) is 18.2 Å². The molecule has 1 aliphatic rings. The van der Waals surface area contributed by atoms with Crippen LogP contribution in [0.5, 0.6) is 5.75 Å². The molecule has 2 amide bonds. The van der Waals surface area contributed by atoms with E-state index in [0.29, 0.717) is 17.2 Å². The monoisotopic (exact) mass is 332 g/mol.